The Morgan fingerprint density at radius 2 is 1.98 bits per heavy atom. The van der Waals surface area contributed by atoms with Crippen molar-refractivity contribution in [2.45, 2.75) is 50.7 Å². The van der Waals surface area contributed by atoms with Gasteiger partial charge in [-0.1, -0.05) is 17.3 Å². The number of carboxylic acid groups (broad SMARTS) is 3. The number of oxime groups is 1. The van der Waals surface area contributed by atoms with Crippen LogP contribution in [0.1, 0.15) is 48.3 Å². The van der Waals surface area contributed by atoms with Gasteiger partial charge in [0, 0.05) is 11.8 Å². The van der Waals surface area contributed by atoms with E-state index in [4.69, 9.17) is 20.3 Å². The fourth-order valence-electron chi connectivity index (χ4n) is 3.61. The van der Waals surface area contributed by atoms with Gasteiger partial charge in [-0.05, 0) is 38.3 Å². The highest BCUT2D eigenvalue weighted by Crippen LogP contribution is 2.30. The Hall–Kier alpha value is -4.71. The number of nitrogens with zero attached hydrogens (tertiary/aromatic N) is 2. The predicted molar refractivity (Wildman–Crippen MR) is 142 cm³/mol. The molecule has 0 bridgehead atoms. The summed E-state index contributed by atoms with van der Waals surface area (Å²) in [5.41, 5.74) is 3.62. The highest BCUT2D eigenvalue weighted by molar-refractivity contribution is 7.13. The lowest BCUT2D eigenvalue weighted by Gasteiger charge is -2.29. The molecule has 2 amide bonds. The fraction of sp³-hybridized carbons (Fsp3) is 0.348. The first-order valence-corrected chi connectivity index (χ1v) is 12.8. The van der Waals surface area contributed by atoms with Gasteiger partial charge < -0.3 is 46.2 Å². The van der Waals surface area contributed by atoms with Crippen LogP contribution in [-0.4, -0.2) is 85.5 Å². The Kier molecular flexibility index (Phi) is 9.51. The number of aromatic carboxylic acids is 1. The summed E-state index contributed by atoms with van der Waals surface area (Å²) in [6.07, 6.45) is -0.896. The number of anilines is 1. The lowest BCUT2D eigenvalue weighted by Crippen LogP contribution is -2.55. The van der Waals surface area contributed by atoms with Crippen molar-refractivity contribution in [3.63, 3.8) is 0 Å². The summed E-state index contributed by atoms with van der Waals surface area (Å²) in [6.45, 7) is 2.48. The van der Waals surface area contributed by atoms with Crippen LogP contribution >= 0.6 is 11.3 Å². The van der Waals surface area contributed by atoms with Gasteiger partial charge in [0.1, 0.15) is 17.5 Å². The van der Waals surface area contributed by atoms with Crippen LogP contribution in [0.2, 0.25) is 0 Å². The molecule has 0 fully saturated rings. The van der Waals surface area contributed by atoms with E-state index < -0.39 is 66.6 Å². The summed E-state index contributed by atoms with van der Waals surface area (Å²) >= 11 is 0.979. The monoisotopic (exact) mass is 591 g/mol. The molecule has 1 unspecified atom stereocenters. The van der Waals surface area contributed by atoms with Gasteiger partial charge in [0.05, 0.1) is 11.5 Å². The zero-order valence-corrected chi connectivity index (χ0v) is 22.5. The van der Waals surface area contributed by atoms with Gasteiger partial charge in [-0.25, -0.2) is 14.6 Å². The molecular weight excluding hydrogens is 565 g/mol. The molecule has 2 heterocycles. The molecule has 18 heteroatoms. The largest absolute Gasteiger partial charge is 0.547 e. The second-order valence-corrected chi connectivity index (χ2v) is 10.2. The van der Waals surface area contributed by atoms with E-state index in [1.165, 1.54) is 31.4 Å². The number of hydrogen-bond acceptors (Lipinski definition) is 12. The number of nitrogens with one attached hydrogen (secondary N) is 2. The molecule has 2 atom stereocenters. The maximum absolute atomic E-state index is 13.3. The SMILES string of the molecule is CC(C)(O/N=C(\C(=O)N[C@H]1Cc2cccc(C(=O)O)c2OB1O)c1csc(N)n1)C(=O)NC(CCC(=O)O)C(=O)O. The van der Waals surface area contributed by atoms with Crippen molar-refractivity contribution >= 4 is 59.0 Å². The molecule has 0 spiro atoms. The molecule has 1 aliphatic heterocycles. The van der Waals surface area contributed by atoms with Crippen LogP contribution < -0.4 is 21.0 Å². The quantitative estimate of drug-likeness (QED) is 0.0934. The van der Waals surface area contributed by atoms with E-state index in [1.54, 1.807) is 6.07 Å². The number of benzene rings is 1. The second kappa shape index (κ2) is 12.6. The number of aromatic nitrogens is 1. The molecule has 0 aliphatic carbocycles. The third kappa shape index (κ3) is 7.70. The second-order valence-electron chi connectivity index (χ2n) is 9.30. The number of thiazole rings is 1. The average Bonchev–Trinajstić information content (AvgIpc) is 3.31. The molecule has 218 valence electrons. The van der Waals surface area contributed by atoms with Gasteiger partial charge in [-0.3, -0.25) is 14.4 Å². The van der Waals surface area contributed by atoms with Crippen LogP contribution in [0.4, 0.5) is 5.13 Å². The zero-order chi connectivity index (χ0) is 30.5. The minimum Gasteiger partial charge on any atom is -0.534 e. The Morgan fingerprint density at radius 3 is 2.56 bits per heavy atom. The summed E-state index contributed by atoms with van der Waals surface area (Å²) in [7, 11) is -1.63. The summed E-state index contributed by atoms with van der Waals surface area (Å²) in [5.74, 6) is -6.92. The molecule has 16 nitrogen and oxygen atoms in total. The number of rotatable bonds is 12. The smallest absolute Gasteiger partial charge is 0.534 e. The topological polar surface area (TPSA) is 260 Å². The standard InChI is InChI=1S/C23H26BN5O11S/c1-23(2,21(37)26-12(20(35)36)6-7-15(30)31)40-29-16(13-9-41-22(25)27-13)18(32)28-14-8-10-4-3-5-11(19(33)34)17(10)39-24(14)38/h3-5,9,12,14,38H,6-8H2,1-2H3,(H2,25,27)(H,26,37)(H,28,32)(H,30,31)(H,33,34)(H,35,36)/b29-16-/t12?,14-/m0/s1. The van der Waals surface area contributed by atoms with Crippen molar-refractivity contribution in [3.8, 4) is 5.75 Å². The predicted octanol–water partition coefficient (Wildman–Crippen LogP) is -0.503. The Balaban J connectivity index is 1.80. The molecule has 8 N–H and O–H groups in total. The van der Waals surface area contributed by atoms with Crippen LogP contribution in [0.3, 0.4) is 0 Å². The third-order valence-corrected chi connectivity index (χ3v) is 6.48. The van der Waals surface area contributed by atoms with Crippen LogP contribution in [0.25, 0.3) is 0 Å². The molecular formula is C23H26BN5O11S. The first-order chi connectivity index (χ1) is 19.2. The number of carbonyl (C=O) groups is 5. The van der Waals surface area contributed by atoms with E-state index in [2.05, 4.69) is 20.8 Å². The zero-order valence-electron chi connectivity index (χ0n) is 21.7. The molecule has 0 saturated heterocycles. The Bertz CT molecular complexity index is 1400. The third-order valence-electron chi connectivity index (χ3n) is 5.81. The number of para-hydroxylation sites is 1. The Labute approximate surface area is 236 Å². The van der Waals surface area contributed by atoms with Crippen LogP contribution in [-0.2, 0) is 30.4 Å². The number of nitrogens with two attached hydrogens (primary N) is 1. The van der Waals surface area contributed by atoms with Gasteiger partial charge in [-0.2, -0.15) is 0 Å². The lowest BCUT2D eigenvalue weighted by molar-refractivity contribution is -0.150. The Morgan fingerprint density at radius 1 is 1.27 bits per heavy atom. The highest BCUT2D eigenvalue weighted by atomic mass is 32.1. The van der Waals surface area contributed by atoms with E-state index in [-0.39, 0.29) is 35.0 Å². The van der Waals surface area contributed by atoms with Gasteiger partial charge in [0.15, 0.2) is 10.8 Å². The summed E-state index contributed by atoms with van der Waals surface area (Å²) in [5, 5.41) is 48.0. The maximum Gasteiger partial charge on any atom is 0.547 e. The minimum atomic E-state index is -1.84. The minimum absolute atomic E-state index is 0.00246. The number of carbonyl (C=O) groups excluding carboxylic acids is 2. The number of hydrogen-bond donors (Lipinski definition) is 7. The number of carboxylic acids is 3. The number of fused-ring (bicyclic) bond motifs is 1. The van der Waals surface area contributed by atoms with Crippen molar-refractivity contribution < 1.29 is 53.8 Å². The molecule has 0 radical (unpaired) electrons. The molecule has 41 heavy (non-hydrogen) atoms. The molecule has 0 saturated carbocycles. The van der Waals surface area contributed by atoms with E-state index in [0.29, 0.717) is 5.56 Å². The summed E-state index contributed by atoms with van der Waals surface area (Å²) < 4.78 is 5.38. The van der Waals surface area contributed by atoms with Gasteiger partial charge >= 0.3 is 25.0 Å². The van der Waals surface area contributed by atoms with E-state index in [0.717, 1.165) is 11.3 Å². The van der Waals surface area contributed by atoms with E-state index in [9.17, 15) is 39.2 Å². The normalized spacial score (nSPS) is 15.6. The molecule has 1 aliphatic rings. The van der Waals surface area contributed by atoms with Crippen LogP contribution in [0.15, 0.2) is 28.7 Å². The van der Waals surface area contributed by atoms with Crippen LogP contribution in [0, 0.1) is 0 Å². The summed E-state index contributed by atoms with van der Waals surface area (Å²) in [4.78, 5) is 69.1. The molecule has 1 aromatic heterocycles. The highest BCUT2D eigenvalue weighted by Gasteiger charge is 2.39. The number of amides is 2. The van der Waals surface area contributed by atoms with Gasteiger partial charge in [0.2, 0.25) is 5.60 Å². The van der Waals surface area contributed by atoms with Gasteiger partial charge in [0.25, 0.3) is 11.8 Å². The first kappa shape index (κ1) is 30.8. The van der Waals surface area contributed by atoms with Crippen LogP contribution in [0.5, 0.6) is 5.75 Å². The maximum atomic E-state index is 13.3. The van der Waals surface area contributed by atoms with Crippen molar-refractivity contribution in [3.05, 3.63) is 40.4 Å². The number of nitrogen functional groups attached to an aromatic ring is 1. The average molecular weight is 591 g/mol. The lowest BCUT2D eigenvalue weighted by atomic mass is 9.72. The van der Waals surface area contributed by atoms with E-state index >= 15 is 0 Å². The summed E-state index contributed by atoms with van der Waals surface area (Å²) in [6, 6.07) is 2.85. The van der Waals surface area contributed by atoms with Crippen molar-refractivity contribution in [2.24, 2.45) is 5.16 Å². The molecule has 1 aromatic carbocycles. The van der Waals surface area contributed by atoms with Gasteiger partial charge in [-0.15, -0.1) is 11.3 Å². The van der Waals surface area contributed by atoms with Crippen molar-refractivity contribution in [2.75, 3.05) is 5.73 Å². The molecule has 2 aromatic rings. The van der Waals surface area contributed by atoms with Crippen molar-refractivity contribution in [1.29, 1.82) is 0 Å². The van der Waals surface area contributed by atoms with Crippen molar-refractivity contribution in [1.82, 2.24) is 15.6 Å². The fourth-order valence-corrected chi connectivity index (χ4v) is 4.16. The first-order valence-electron chi connectivity index (χ1n) is 11.9. The molecule has 3 rings (SSSR count). The number of aliphatic carboxylic acids is 2. The van der Waals surface area contributed by atoms with E-state index in [1.807, 2.05) is 0 Å².